The number of unbranched alkanes of at least 4 members (excludes halogenated alkanes) is 1. The van der Waals surface area contributed by atoms with Gasteiger partial charge in [-0.2, -0.15) is 0 Å². The van der Waals surface area contributed by atoms with Crippen molar-refractivity contribution >= 4 is 0 Å². The number of aliphatic hydroxyl groups excluding tert-OH is 1. The quantitative estimate of drug-likeness (QED) is 0.687. The van der Waals surface area contributed by atoms with Gasteiger partial charge in [-0.1, -0.05) is 36.8 Å². The highest BCUT2D eigenvalue weighted by Gasteiger charge is 1.96. The zero-order valence-corrected chi connectivity index (χ0v) is 8.24. The van der Waals surface area contributed by atoms with Crippen LogP contribution < -0.4 is 0 Å². The predicted molar refractivity (Wildman–Crippen MR) is 55.7 cm³/mol. The maximum atomic E-state index is 9.05. The fraction of sp³-hybridized carbons (Fsp3) is 0.500. The summed E-state index contributed by atoms with van der Waals surface area (Å²) in [5.74, 6) is 0. The highest BCUT2D eigenvalue weighted by atomic mass is 16.3. The van der Waals surface area contributed by atoms with Crippen LogP contribution in [0.2, 0.25) is 0 Å². The summed E-state index contributed by atoms with van der Waals surface area (Å²) in [4.78, 5) is 0. The van der Waals surface area contributed by atoms with Crippen LogP contribution >= 0.6 is 0 Å². The normalized spacial score (nSPS) is 12.8. The zero-order valence-electron chi connectivity index (χ0n) is 8.24. The first-order chi connectivity index (χ1) is 6.29. The standard InChI is InChI=1S/C12H18O/c1-11(13)7-5-6-10-12-8-3-2-4-9-12/h2-4,8-9,11,13H,5-7,10H2,1H3/t11-/m1/s1. The molecule has 0 heterocycles. The average molecular weight is 178 g/mol. The molecular weight excluding hydrogens is 160 g/mol. The predicted octanol–water partition coefficient (Wildman–Crippen LogP) is 2.78. The fourth-order valence-electron chi connectivity index (χ4n) is 1.41. The van der Waals surface area contributed by atoms with E-state index in [4.69, 9.17) is 5.11 Å². The third kappa shape index (κ3) is 4.69. The SMILES string of the molecule is C[C@@H](O)CCCCc1ccccc1. The molecule has 1 rings (SSSR count). The lowest BCUT2D eigenvalue weighted by molar-refractivity contribution is 0.180. The molecule has 0 saturated heterocycles. The molecule has 1 atom stereocenters. The van der Waals surface area contributed by atoms with Crippen LogP contribution in [-0.2, 0) is 6.42 Å². The summed E-state index contributed by atoms with van der Waals surface area (Å²) < 4.78 is 0. The van der Waals surface area contributed by atoms with Gasteiger partial charge in [0.1, 0.15) is 0 Å². The van der Waals surface area contributed by atoms with Crippen molar-refractivity contribution in [3.05, 3.63) is 35.9 Å². The molecule has 13 heavy (non-hydrogen) atoms. The molecule has 0 spiro atoms. The van der Waals surface area contributed by atoms with E-state index < -0.39 is 0 Å². The Morgan fingerprint density at radius 3 is 2.46 bits per heavy atom. The first kappa shape index (κ1) is 10.3. The van der Waals surface area contributed by atoms with Gasteiger partial charge in [-0.25, -0.2) is 0 Å². The summed E-state index contributed by atoms with van der Waals surface area (Å²) >= 11 is 0. The van der Waals surface area contributed by atoms with Gasteiger partial charge < -0.3 is 5.11 Å². The second-order valence-electron chi connectivity index (χ2n) is 3.58. The van der Waals surface area contributed by atoms with Crippen molar-refractivity contribution in [3.8, 4) is 0 Å². The Hall–Kier alpha value is -0.820. The molecule has 1 aromatic rings. The summed E-state index contributed by atoms with van der Waals surface area (Å²) in [5.41, 5.74) is 1.40. The molecule has 0 bridgehead atoms. The van der Waals surface area contributed by atoms with Crippen molar-refractivity contribution < 1.29 is 5.11 Å². The fourth-order valence-corrected chi connectivity index (χ4v) is 1.41. The molecule has 0 radical (unpaired) electrons. The van der Waals surface area contributed by atoms with E-state index >= 15 is 0 Å². The molecule has 0 unspecified atom stereocenters. The van der Waals surface area contributed by atoms with Gasteiger partial charge in [0.05, 0.1) is 6.10 Å². The zero-order chi connectivity index (χ0) is 9.52. The molecule has 1 N–H and O–H groups in total. The second kappa shape index (κ2) is 5.76. The summed E-state index contributed by atoms with van der Waals surface area (Å²) in [7, 11) is 0. The van der Waals surface area contributed by atoms with Crippen LogP contribution in [-0.4, -0.2) is 11.2 Å². The lowest BCUT2D eigenvalue weighted by Crippen LogP contribution is -1.98. The number of aliphatic hydroxyl groups is 1. The van der Waals surface area contributed by atoms with Crippen LogP contribution in [0.3, 0.4) is 0 Å². The van der Waals surface area contributed by atoms with E-state index in [1.54, 1.807) is 0 Å². The van der Waals surface area contributed by atoms with Crippen molar-refractivity contribution in [1.82, 2.24) is 0 Å². The van der Waals surface area contributed by atoms with E-state index in [2.05, 4.69) is 24.3 Å². The summed E-state index contributed by atoms with van der Waals surface area (Å²) in [5, 5.41) is 9.05. The van der Waals surface area contributed by atoms with Gasteiger partial charge in [-0.3, -0.25) is 0 Å². The van der Waals surface area contributed by atoms with Crippen molar-refractivity contribution in [2.24, 2.45) is 0 Å². The van der Waals surface area contributed by atoms with Crippen LogP contribution in [0.25, 0.3) is 0 Å². The maximum absolute atomic E-state index is 9.05. The van der Waals surface area contributed by atoms with Crippen molar-refractivity contribution in [3.63, 3.8) is 0 Å². The molecule has 1 nitrogen and oxygen atoms in total. The molecule has 0 aliphatic heterocycles. The third-order valence-corrected chi connectivity index (χ3v) is 2.18. The molecule has 1 heteroatoms. The summed E-state index contributed by atoms with van der Waals surface area (Å²) in [6.07, 6.45) is 4.21. The number of hydrogen-bond donors (Lipinski definition) is 1. The van der Waals surface area contributed by atoms with E-state index in [1.807, 2.05) is 13.0 Å². The highest BCUT2D eigenvalue weighted by Crippen LogP contribution is 2.07. The lowest BCUT2D eigenvalue weighted by Gasteiger charge is -2.03. The number of rotatable bonds is 5. The Morgan fingerprint density at radius 2 is 1.85 bits per heavy atom. The molecular formula is C12H18O. The minimum absolute atomic E-state index is 0.143. The van der Waals surface area contributed by atoms with Crippen molar-refractivity contribution in [2.45, 2.75) is 38.7 Å². The highest BCUT2D eigenvalue weighted by molar-refractivity contribution is 5.14. The monoisotopic (exact) mass is 178 g/mol. The Balaban J connectivity index is 2.13. The van der Waals surface area contributed by atoms with Gasteiger partial charge in [0.15, 0.2) is 0 Å². The Morgan fingerprint density at radius 1 is 1.15 bits per heavy atom. The maximum Gasteiger partial charge on any atom is 0.0512 e. The number of hydrogen-bond acceptors (Lipinski definition) is 1. The third-order valence-electron chi connectivity index (χ3n) is 2.18. The van der Waals surface area contributed by atoms with Crippen molar-refractivity contribution in [2.75, 3.05) is 0 Å². The molecule has 0 saturated carbocycles. The molecule has 0 aliphatic carbocycles. The molecule has 72 valence electrons. The van der Waals surface area contributed by atoms with E-state index in [-0.39, 0.29) is 6.10 Å². The van der Waals surface area contributed by atoms with Crippen LogP contribution in [0, 0.1) is 0 Å². The minimum Gasteiger partial charge on any atom is -0.393 e. The largest absolute Gasteiger partial charge is 0.393 e. The van der Waals surface area contributed by atoms with E-state index in [9.17, 15) is 0 Å². The average Bonchev–Trinajstić information content (AvgIpc) is 2.14. The molecule has 0 fully saturated rings. The van der Waals surface area contributed by atoms with Crippen LogP contribution in [0.1, 0.15) is 31.7 Å². The first-order valence-electron chi connectivity index (χ1n) is 5.01. The van der Waals surface area contributed by atoms with Gasteiger partial charge >= 0.3 is 0 Å². The minimum atomic E-state index is -0.143. The van der Waals surface area contributed by atoms with Crippen molar-refractivity contribution in [1.29, 1.82) is 0 Å². The molecule has 1 aromatic carbocycles. The van der Waals surface area contributed by atoms with Gasteiger partial charge in [0.2, 0.25) is 0 Å². The van der Waals surface area contributed by atoms with Crippen LogP contribution in [0.4, 0.5) is 0 Å². The van der Waals surface area contributed by atoms with Gasteiger partial charge in [-0.05, 0) is 31.7 Å². The van der Waals surface area contributed by atoms with Crippen LogP contribution in [0.15, 0.2) is 30.3 Å². The lowest BCUT2D eigenvalue weighted by atomic mass is 10.1. The number of aryl methyl sites for hydroxylation is 1. The van der Waals surface area contributed by atoms with E-state index in [0.29, 0.717) is 0 Å². The van der Waals surface area contributed by atoms with E-state index in [0.717, 1.165) is 19.3 Å². The first-order valence-corrected chi connectivity index (χ1v) is 5.01. The van der Waals surface area contributed by atoms with Gasteiger partial charge in [0.25, 0.3) is 0 Å². The van der Waals surface area contributed by atoms with Crippen LogP contribution in [0.5, 0.6) is 0 Å². The Kier molecular flexibility index (Phi) is 4.55. The Bertz CT molecular complexity index is 216. The summed E-state index contributed by atoms with van der Waals surface area (Å²) in [6.45, 7) is 1.85. The van der Waals surface area contributed by atoms with Gasteiger partial charge in [0, 0.05) is 0 Å². The topological polar surface area (TPSA) is 20.2 Å². The smallest absolute Gasteiger partial charge is 0.0512 e. The second-order valence-corrected chi connectivity index (χ2v) is 3.58. The summed E-state index contributed by atoms with van der Waals surface area (Å²) in [6, 6.07) is 10.5. The molecule has 0 aromatic heterocycles. The Labute approximate surface area is 80.4 Å². The van der Waals surface area contributed by atoms with Gasteiger partial charge in [-0.15, -0.1) is 0 Å². The van der Waals surface area contributed by atoms with E-state index in [1.165, 1.54) is 12.0 Å². The molecule has 0 aliphatic rings. The number of benzene rings is 1. The molecule has 0 amide bonds.